The first-order chi connectivity index (χ1) is 6.72. The maximum Gasteiger partial charge on any atom is 0.0578 e. The third kappa shape index (κ3) is 3.01. The Hall–Kier alpha value is -0.520. The van der Waals surface area contributed by atoms with E-state index in [-0.39, 0.29) is 5.54 Å². The topological polar surface area (TPSA) is 38.0 Å². The lowest BCUT2D eigenvalue weighted by atomic mass is 9.90. The van der Waals surface area contributed by atoms with Gasteiger partial charge in [-0.25, -0.2) is 0 Å². The minimum atomic E-state index is 0.122. The van der Waals surface area contributed by atoms with Gasteiger partial charge in [-0.1, -0.05) is 25.7 Å². The number of nitrogens with one attached hydrogen (secondary N) is 1. The van der Waals surface area contributed by atoms with Crippen LogP contribution in [0.4, 0.5) is 0 Å². The van der Waals surface area contributed by atoms with E-state index >= 15 is 0 Å². The van der Waals surface area contributed by atoms with Gasteiger partial charge in [0.15, 0.2) is 0 Å². The van der Waals surface area contributed by atoms with Crippen molar-refractivity contribution in [3.8, 4) is 12.3 Å². The van der Waals surface area contributed by atoms with Crippen LogP contribution in [0.3, 0.4) is 0 Å². The van der Waals surface area contributed by atoms with Gasteiger partial charge in [0.25, 0.3) is 0 Å². The normalized spacial score (nSPS) is 33.4. The Morgan fingerprint density at radius 2 is 2.29 bits per heavy atom. The van der Waals surface area contributed by atoms with Gasteiger partial charge in [0.2, 0.25) is 0 Å². The van der Waals surface area contributed by atoms with Crippen LogP contribution in [0.2, 0.25) is 0 Å². The summed E-state index contributed by atoms with van der Waals surface area (Å²) in [7, 11) is 0. The molecule has 0 aromatic heterocycles. The quantitative estimate of drug-likeness (QED) is 0.528. The van der Waals surface area contributed by atoms with Gasteiger partial charge >= 0.3 is 0 Å². The second kappa shape index (κ2) is 5.38. The highest BCUT2D eigenvalue weighted by Gasteiger charge is 2.29. The van der Waals surface area contributed by atoms with Gasteiger partial charge in [0.05, 0.1) is 6.54 Å². The first kappa shape index (κ1) is 11.6. The highest BCUT2D eigenvalue weighted by molar-refractivity contribution is 4.97. The molecular weight excluding hydrogens is 172 g/mol. The van der Waals surface area contributed by atoms with Gasteiger partial charge in [-0.15, -0.1) is 6.42 Å². The molecule has 0 bridgehead atoms. The summed E-state index contributed by atoms with van der Waals surface area (Å²) in [5, 5.41) is 3.43. The Morgan fingerprint density at radius 1 is 1.50 bits per heavy atom. The zero-order chi connectivity index (χ0) is 10.4. The van der Waals surface area contributed by atoms with E-state index in [0.717, 1.165) is 5.92 Å². The molecule has 0 spiro atoms. The van der Waals surface area contributed by atoms with Crippen molar-refractivity contribution in [2.45, 2.75) is 44.6 Å². The van der Waals surface area contributed by atoms with Crippen molar-refractivity contribution in [2.75, 3.05) is 13.1 Å². The van der Waals surface area contributed by atoms with Crippen LogP contribution in [0.25, 0.3) is 0 Å². The number of hydrogen-bond acceptors (Lipinski definition) is 2. The summed E-state index contributed by atoms with van der Waals surface area (Å²) in [4.78, 5) is 0. The summed E-state index contributed by atoms with van der Waals surface area (Å²) in [6, 6.07) is 0. The average molecular weight is 194 g/mol. The second-order valence-electron chi connectivity index (χ2n) is 4.58. The van der Waals surface area contributed by atoms with E-state index in [4.69, 9.17) is 12.2 Å². The average Bonchev–Trinajstić information content (AvgIpc) is 2.39. The first-order valence-corrected chi connectivity index (χ1v) is 5.61. The molecule has 1 fully saturated rings. The van der Waals surface area contributed by atoms with Gasteiger partial charge in [-0.05, 0) is 25.2 Å². The van der Waals surface area contributed by atoms with Crippen molar-refractivity contribution in [1.29, 1.82) is 0 Å². The van der Waals surface area contributed by atoms with Crippen LogP contribution >= 0.6 is 0 Å². The van der Waals surface area contributed by atoms with Gasteiger partial charge < -0.3 is 5.73 Å². The van der Waals surface area contributed by atoms with Crippen LogP contribution in [0.5, 0.6) is 0 Å². The molecule has 1 aliphatic carbocycles. The maximum atomic E-state index is 5.86. The minimum Gasteiger partial charge on any atom is -0.329 e. The summed E-state index contributed by atoms with van der Waals surface area (Å²) >= 11 is 0. The molecule has 0 aliphatic heterocycles. The van der Waals surface area contributed by atoms with Gasteiger partial charge in [-0.2, -0.15) is 0 Å². The van der Waals surface area contributed by atoms with Crippen molar-refractivity contribution in [3.63, 3.8) is 0 Å². The van der Waals surface area contributed by atoms with Crippen molar-refractivity contribution in [3.05, 3.63) is 0 Å². The van der Waals surface area contributed by atoms with Crippen molar-refractivity contribution in [1.82, 2.24) is 5.32 Å². The third-order valence-corrected chi connectivity index (χ3v) is 3.42. The largest absolute Gasteiger partial charge is 0.329 e. The van der Waals surface area contributed by atoms with E-state index in [1.54, 1.807) is 0 Å². The number of rotatable bonds is 3. The monoisotopic (exact) mass is 194 g/mol. The molecule has 0 saturated heterocycles. The maximum absolute atomic E-state index is 5.86. The van der Waals surface area contributed by atoms with Crippen LogP contribution in [0.1, 0.15) is 39.0 Å². The SMILES string of the molecule is C#CCNC1(CN)CCCC(C)CC1. The molecule has 1 aliphatic rings. The Balaban J connectivity index is 2.54. The summed E-state index contributed by atoms with van der Waals surface area (Å²) in [5.41, 5.74) is 5.98. The molecule has 0 heterocycles. The Kier molecular flexibility index (Phi) is 4.44. The summed E-state index contributed by atoms with van der Waals surface area (Å²) < 4.78 is 0. The van der Waals surface area contributed by atoms with E-state index in [0.29, 0.717) is 13.1 Å². The fourth-order valence-electron chi connectivity index (χ4n) is 2.27. The summed E-state index contributed by atoms with van der Waals surface area (Å²) in [6.45, 7) is 3.68. The van der Waals surface area contributed by atoms with Crippen LogP contribution in [-0.4, -0.2) is 18.6 Å². The number of terminal acetylenes is 1. The second-order valence-corrected chi connectivity index (χ2v) is 4.58. The molecule has 2 atom stereocenters. The fourth-order valence-corrected chi connectivity index (χ4v) is 2.27. The Labute approximate surface area is 87.6 Å². The first-order valence-electron chi connectivity index (χ1n) is 5.61. The molecule has 0 amide bonds. The predicted octanol–water partition coefficient (Wildman–Crippen LogP) is 1.51. The summed E-state index contributed by atoms with van der Waals surface area (Å²) in [5.74, 6) is 3.48. The molecule has 3 N–H and O–H groups in total. The lowest BCUT2D eigenvalue weighted by Gasteiger charge is -2.32. The molecule has 0 aromatic rings. The molecule has 1 saturated carbocycles. The van der Waals surface area contributed by atoms with Crippen molar-refractivity contribution >= 4 is 0 Å². The lowest BCUT2D eigenvalue weighted by molar-refractivity contribution is 0.302. The Bertz CT molecular complexity index is 207. The zero-order valence-electron chi connectivity index (χ0n) is 9.18. The molecule has 2 heteroatoms. The van der Waals surface area contributed by atoms with E-state index in [2.05, 4.69) is 18.2 Å². The molecule has 0 aromatic carbocycles. The highest BCUT2D eigenvalue weighted by atomic mass is 15.0. The molecular formula is C12H22N2. The van der Waals surface area contributed by atoms with Crippen molar-refractivity contribution < 1.29 is 0 Å². The summed E-state index contributed by atoms with van der Waals surface area (Å²) in [6.07, 6.45) is 11.5. The number of hydrogen-bond donors (Lipinski definition) is 2. The molecule has 2 nitrogen and oxygen atoms in total. The standard InChI is InChI=1S/C12H22N2/c1-3-9-14-12(10-13)7-4-5-11(2)6-8-12/h1,11,14H,4-10,13H2,2H3. The van der Waals surface area contributed by atoms with Crippen LogP contribution in [0, 0.1) is 18.3 Å². The third-order valence-electron chi connectivity index (χ3n) is 3.42. The molecule has 14 heavy (non-hydrogen) atoms. The van der Waals surface area contributed by atoms with Gasteiger partial charge in [0.1, 0.15) is 0 Å². The van der Waals surface area contributed by atoms with Crippen LogP contribution in [0.15, 0.2) is 0 Å². The van der Waals surface area contributed by atoms with Gasteiger partial charge in [0, 0.05) is 12.1 Å². The zero-order valence-corrected chi connectivity index (χ0v) is 9.18. The van der Waals surface area contributed by atoms with Crippen LogP contribution < -0.4 is 11.1 Å². The van der Waals surface area contributed by atoms with Gasteiger partial charge in [-0.3, -0.25) is 5.32 Å². The molecule has 80 valence electrons. The van der Waals surface area contributed by atoms with Crippen LogP contribution in [-0.2, 0) is 0 Å². The molecule has 0 radical (unpaired) electrons. The highest BCUT2D eigenvalue weighted by Crippen LogP contribution is 2.29. The van der Waals surface area contributed by atoms with E-state index in [1.807, 2.05) is 0 Å². The lowest BCUT2D eigenvalue weighted by Crippen LogP contribution is -2.51. The molecule has 1 rings (SSSR count). The van der Waals surface area contributed by atoms with E-state index in [9.17, 15) is 0 Å². The van der Waals surface area contributed by atoms with E-state index < -0.39 is 0 Å². The van der Waals surface area contributed by atoms with E-state index in [1.165, 1.54) is 32.1 Å². The molecule has 2 unspecified atom stereocenters. The minimum absolute atomic E-state index is 0.122. The predicted molar refractivity (Wildman–Crippen MR) is 60.9 cm³/mol. The van der Waals surface area contributed by atoms with Crippen molar-refractivity contribution in [2.24, 2.45) is 11.7 Å². The number of nitrogens with two attached hydrogens (primary N) is 1. The smallest absolute Gasteiger partial charge is 0.0578 e. The fraction of sp³-hybridized carbons (Fsp3) is 0.833. The Morgan fingerprint density at radius 3 is 2.93 bits per heavy atom.